The van der Waals surface area contributed by atoms with Gasteiger partial charge in [0.05, 0.1) is 25.7 Å². The van der Waals surface area contributed by atoms with Crippen LogP contribution in [0.2, 0.25) is 0 Å². The summed E-state index contributed by atoms with van der Waals surface area (Å²) in [6.07, 6.45) is 1.15. The highest BCUT2D eigenvalue weighted by Gasteiger charge is 2.14. The molecular weight excluding hydrogens is 310 g/mol. The second-order valence-electron chi connectivity index (χ2n) is 4.11. The molecule has 9 heteroatoms. The Balaban J connectivity index is 2.04. The third kappa shape index (κ3) is 3.50. The molecule has 0 aliphatic carbocycles. The molecule has 0 bridgehead atoms. The molecule has 0 fully saturated rings. The topological polar surface area (TPSA) is 104 Å². The molecule has 8 nitrogen and oxygen atoms in total. The molecule has 0 radical (unpaired) electrons. The summed E-state index contributed by atoms with van der Waals surface area (Å²) in [5.74, 6) is 0.791. The number of anilines is 1. The van der Waals surface area contributed by atoms with Crippen molar-refractivity contribution in [1.29, 1.82) is 0 Å². The summed E-state index contributed by atoms with van der Waals surface area (Å²) in [6, 6.07) is 4.84. The molecular formula is C13H13N3O5S. The van der Waals surface area contributed by atoms with Crippen molar-refractivity contribution in [3.8, 4) is 11.5 Å². The summed E-state index contributed by atoms with van der Waals surface area (Å²) in [5.41, 5.74) is 0.441. The van der Waals surface area contributed by atoms with E-state index in [0.717, 1.165) is 17.5 Å². The number of rotatable bonds is 7. The summed E-state index contributed by atoms with van der Waals surface area (Å²) in [4.78, 5) is 26.0. The molecule has 0 atom stereocenters. The van der Waals surface area contributed by atoms with Gasteiger partial charge < -0.3 is 14.8 Å². The van der Waals surface area contributed by atoms with Crippen LogP contribution >= 0.6 is 11.3 Å². The van der Waals surface area contributed by atoms with Gasteiger partial charge in [0, 0.05) is 5.56 Å². The highest BCUT2D eigenvalue weighted by molar-refractivity contribution is 7.18. The van der Waals surface area contributed by atoms with Gasteiger partial charge in [0.25, 0.3) is 0 Å². The number of ether oxygens (including phenoxy) is 2. The van der Waals surface area contributed by atoms with Crippen molar-refractivity contribution in [2.75, 3.05) is 26.1 Å². The number of thiazole rings is 1. The van der Waals surface area contributed by atoms with E-state index >= 15 is 0 Å². The maximum absolute atomic E-state index is 12.1. The first-order chi connectivity index (χ1) is 10.5. The average molecular weight is 323 g/mol. The number of nitrogens with one attached hydrogen (secondary N) is 1. The number of nitro groups is 1. The Kier molecular flexibility index (Phi) is 4.89. The molecule has 1 N–H and O–H groups in total. The number of hydrogen-bond donors (Lipinski definition) is 1. The molecule has 2 rings (SSSR count). The van der Waals surface area contributed by atoms with Crippen LogP contribution in [0.3, 0.4) is 0 Å². The second-order valence-corrected chi connectivity index (χ2v) is 5.12. The van der Waals surface area contributed by atoms with Crippen molar-refractivity contribution in [1.82, 2.24) is 4.98 Å². The lowest BCUT2D eigenvalue weighted by molar-refractivity contribution is -0.380. The van der Waals surface area contributed by atoms with Gasteiger partial charge in [-0.05, 0) is 29.5 Å². The van der Waals surface area contributed by atoms with E-state index in [-0.39, 0.29) is 17.3 Å². The predicted molar refractivity (Wildman–Crippen MR) is 81.1 cm³/mol. The van der Waals surface area contributed by atoms with Gasteiger partial charge in [-0.1, -0.05) is 0 Å². The minimum Gasteiger partial charge on any atom is -0.493 e. The van der Waals surface area contributed by atoms with E-state index < -0.39 is 4.92 Å². The van der Waals surface area contributed by atoms with Crippen LogP contribution < -0.4 is 14.8 Å². The Morgan fingerprint density at radius 3 is 2.68 bits per heavy atom. The minimum absolute atomic E-state index is 0.0276. The van der Waals surface area contributed by atoms with Gasteiger partial charge in [-0.15, -0.1) is 0 Å². The molecule has 0 aliphatic heterocycles. The fraction of sp³-hybridized carbons (Fsp3) is 0.231. The SMILES string of the molecule is COc1ccc(C(=O)CNc2ncc([N+](=O)[O-])s2)cc1OC. The van der Waals surface area contributed by atoms with E-state index in [9.17, 15) is 14.9 Å². The van der Waals surface area contributed by atoms with Crippen molar-refractivity contribution in [2.45, 2.75) is 0 Å². The standard InChI is InChI=1S/C13H13N3O5S/c1-20-10-4-3-8(5-11(10)21-2)9(17)6-14-13-15-7-12(22-13)16(18)19/h3-5,7H,6H2,1-2H3,(H,14,15). The maximum Gasteiger partial charge on any atom is 0.345 e. The van der Waals surface area contributed by atoms with Crippen LogP contribution in [0.15, 0.2) is 24.4 Å². The van der Waals surface area contributed by atoms with Gasteiger partial charge in [0.2, 0.25) is 0 Å². The molecule has 116 valence electrons. The molecule has 0 unspecified atom stereocenters. The van der Waals surface area contributed by atoms with Crippen LogP contribution in [-0.2, 0) is 0 Å². The van der Waals surface area contributed by atoms with Gasteiger partial charge in [0.1, 0.15) is 6.20 Å². The first kappa shape index (κ1) is 15.7. The fourth-order valence-electron chi connectivity index (χ4n) is 1.70. The van der Waals surface area contributed by atoms with E-state index in [1.807, 2.05) is 0 Å². The molecule has 0 saturated carbocycles. The lowest BCUT2D eigenvalue weighted by Gasteiger charge is -2.09. The number of hydrogen-bond acceptors (Lipinski definition) is 8. The van der Waals surface area contributed by atoms with Crippen molar-refractivity contribution in [3.63, 3.8) is 0 Å². The number of nitrogens with zero attached hydrogens (tertiary/aromatic N) is 2. The van der Waals surface area contributed by atoms with Crippen LogP contribution in [0.4, 0.5) is 10.1 Å². The van der Waals surface area contributed by atoms with Crippen LogP contribution in [0, 0.1) is 10.1 Å². The summed E-state index contributed by atoms with van der Waals surface area (Å²) in [7, 11) is 3.00. The Hall–Kier alpha value is -2.68. The van der Waals surface area contributed by atoms with E-state index in [1.54, 1.807) is 18.2 Å². The number of methoxy groups -OCH3 is 2. The molecule has 1 aromatic heterocycles. The number of ketones is 1. The van der Waals surface area contributed by atoms with Gasteiger partial charge in [-0.25, -0.2) is 4.98 Å². The monoisotopic (exact) mass is 323 g/mol. The van der Waals surface area contributed by atoms with E-state index in [4.69, 9.17) is 9.47 Å². The first-order valence-corrected chi connectivity index (χ1v) is 6.96. The highest BCUT2D eigenvalue weighted by Crippen LogP contribution is 2.28. The van der Waals surface area contributed by atoms with Gasteiger partial charge in [-0.3, -0.25) is 14.9 Å². The first-order valence-electron chi connectivity index (χ1n) is 6.14. The van der Waals surface area contributed by atoms with Crippen molar-refractivity contribution in [2.24, 2.45) is 0 Å². The maximum atomic E-state index is 12.1. The lowest BCUT2D eigenvalue weighted by atomic mass is 10.1. The van der Waals surface area contributed by atoms with Crippen molar-refractivity contribution in [3.05, 3.63) is 40.1 Å². The number of benzene rings is 1. The third-order valence-corrected chi connectivity index (χ3v) is 3.69. The normalized spacial score (nSPS) is 10.1. The smallest absolute Gasteiger partial charge is 0.345 e. The van der Waals surface area contributed by atoms with Crippen LogP contribution in [0.25, 0.3) is 0 Å². The Labute approximate surface area is 129 Å². The summed E-state index contributed by atoms with van der Waals surface area (Å²) < 4.78 is 10.2. The molecule has 1 aromatic carbocycles. The van der Waals surface area contributed by atoms with Crippen LogP contribution in [-0.4, -0.2) is 36.5 Å². The molecule has 2 aromatic rings. The number of Topliss-reactive ketones (excluding diaryl/α,β-unsaturated/α-hetero) is 1. The Morgan fingerprint density at radius 1 is 1.36 bits per heavy atom. The molecule has 1 heterocycles. The van der Waals surface area contributed by atoms with E-state index in [0.29, 0.717) is 22.2 Å². The van der Waals surface area contributed by atoms with Crippen LogP contribution in [0.5, 0.6) is 11.5 Å². The van der Waals surface area contributed by atoms with E-state index in [2.05, 4.69) is 10.3 Å². The number of carbonyl (C=O) groups is 1. The average Bonchev–Trinajstić information content (AvgIpc) is 3.01. The largest absolute Gasteiger partial charge is 0.493 e. The molecule has 0 aliphatic rings. The zero-order valence-electron chi connectivity index (χ0n) is 11.9. The van der Waals surface area contributed by atoms with Gasteiger partial charge in [-0.2, -0.15) is 0 Å². The summed E-state index contributed by atoms with van der Waals surface area (Å²) in [5, 5.41) is 13.6. The predicted octanol–water partition coefficient (Wildman–Crippen LogP) is 2.36. The van der Waals surface area contributed by atoms with Crippen LogP contribution in [0.1, 0.15) is 10.4 Å². The highest BCUT2D eigenvalue weighted by atomic mass is 32.1. The zero-order chi connectivity index (χ0) is 16.1. The Morgan fingerprint density at radius 2 is 2.09 bits per heavy atom. The molecule has 0 amide bonds. The van der Waals surface area contributed by atoms with Gasteiger partial charge in [0.15, 0.2) is 22.4 Å². The molecule has 22 heavy (non-hydrogen) atoms. The third-order valence-electron chi connectivity index (χ3n) is 2.78. The lowest BCUT2D eigenvalue weighted by Crippen LogP contribution is -2.14. The van der Waals surface area contributed by atoms with Crippen molar-refractivity contribution >= 4 is 27.3 Å². The molecule has 0 saturated heterocycles. The quantitative estimate of drug-likeness (QED) is 0.474. The summed E-state index contributed by atoms with van der Waals surface area (Å²) >= 11 is 0.874. The van der Waals surface area contributed by atoms with Gasteiger partial charge >= 0.3 is 5.00 Å². The second kappa shape index (κ2) is 6.85. The fourth-order valence-corrected chi connectivity index (χ4v) is 2.33. The Bertz CT molecular complexity index is 701. The summed E-state index contributed by atoms with van der Waals surface area (Å²) in [6.45, 7) is -0.0276. The molecule has 0 spiro atoms. The number of carbonyl (C=O) groups excluding carboxylic acids is 1. The van der Waals surface area contributed by atoms with Crippen molar-refractivity contribution < 1.29 is 19.2 Å². The number of aromatic nitrogens is 1. The van der Waals surface area contributed by atoms with E-state index in [1.165, 1.54) is 14.2 Å². The zero-order valence-corrected chi connectivity index (χ0v) is 12.7. The minimum atomic E-state index is -0.529.